The van der Waals surface area contributed by atoms with E-state index >= 15 is 0 Å². The number of hydrogen-bond acceptors (Lipinski definition) is 3. The molecule has 0 aliphatic heterocycles. The van der Waals surface area contributed by atoms with E-state index in [0.29, 0.717) is 11.8 Å². The van der Waals surface area contributed by atoms with Gasteiger partial charge in [0.15, 0.2) is 0 Å². The van der Waals surface area contributed by atoms with E-state index < -0.39 is 11.7 Å². The van der Waals surface area contributed by atoms with Crippen molar-refractivity contribution in [3.63, 3.8) is 0 Å². The molecule has 0 heterocycles. The zero-order valence-corrected chi connectivity index (χ0v) is 15.9. The van der Waals surface area contributed by atoms with E-state index in [1.54, 1.807) is 0 Å². The minimum absolute atomic E-state index is 0.169. The van der Waals surface area contributed by atoms with Gasteiger partial charge in [0, 0.05) is 0 Å². The second kappa shape index (κ2) is 5.46. The second-order valence-electron chi connectivity index (χ2n) is 10.4. The molecule has 24 heavy (non-hydrogen) atoms. The van der Waals surface area contributed by atoms with Crippen molar-refractivity contribution in [1.29, 1.82) is 0 Å². The van der Waals surface area contributed by atoms with Crippen molar-refractivity contribution < 1.29 is 14.6 Å². The first-order valence-electron chi connectivity index (χ1n) is 10.1. The van der Waals surface area contributed by atoms with Gasteiger partial charge < -0.3 is 9.84 Å². The van der Waals surface area contributed by atoms with Crippen molar-refractivity contribution in [3.8, 4) is 0 Å². The number of fused-ring (bicyclic) bond motifs is 9. The molecule has 10 unspecified atom stereocenters. The summed E-state index contributed by atoms with van der Waals surface area (Å²) in [6.07, 6.45) is 3.53. The lowest BCUT2D eigenvalue weighted by atomic mass is 9.61. The molecule has 4 saturated carbocycles. The van der Waals surface area contributed by atoms with E-state index in [4.69, 9.17) is 4.74 Å². The summed E-state index contributed by atoms with van der Waals surface area (Å²) in [6.45, 7) is 10.6. The standard InChI is InChI=1S/C21H34O3/c1-10-11(2)14-8-13(10)19-12-6-15(16(7-12)20(14)19)17(22)9-18(23)24-21(3,4)5/h10-17,19-20,22H,6-9H2,1-5H3. The van der Waals surface area contributed by atoms with Crippen LogP contribution in [-0.2, 0) is 9.53 Å². The van der Waals surface area contributed by atoms with Crippen LogP contribution in [0.5, 0.6) is 0 Å². The van der Waals surface area contributed by atoms with Crippen molar-refractivity contribution in [3.05, 3.63) is 0 Å². The van der Waals surface area contributed by atoms with Gasteiger partial charge in [0.05, 0.1) is 12.5 Å². The van der Waals surface area contributed by atoms with Gasteiger partial charge in [-0.3, -0.25) is 4.79 Å². The number of esters is 1. The van der Waals surface area contributed by atoms with Crippen LogP contribution in [0.4, 0.5) is 0 Å². The van der Waals surface area contributed by atoms with Crippen LogP contribution in [0, 0.1) is 53.3 Å². The van der Waals surface area contributed by atoms with Crippen molar-refractivity contribution in [2.45, 2.75) is 72.0 Å². The highest BCUT2D eigenvalue weighted by atomic mass is 16.6. The molecule has 4 aliphatic carbocycles. The number of aliphatic hydroxyl groups excluding tert-OH is 1. The first-order valence-corrected chi connectivity index (χ1v) is 10.1. The summed E-state index contributed by atoms with van der Waals surface area (Å²) in [5.41, 5.74) is -0.466. The zero-order chi connectivity index (χ0) is 17.4. The van der Waals surface area contributed by atoms with Crippen molar-refractivity contribution >= 4 is 5.97 Å². The van der Waals surface area contributed by atoms with Gasteiger partial charge in [-0.05, 0) is 93.3 Å². The van der Waals surface area contributed by atoms with E-state index in [1.165, 1.54) is 12.8 Å². The van der Waals surface area contributed by atoms with Gasteiger partial charge in [0.25, 0.3) is 0 Å². The van der Waals surface area contributed by atoms with Gasteiger partial charge in [0.2, 0.25) is 0 Å². The molecule has 3 nitrogen and oxygen atoms in total. The molecule has 0 saturated heterocycles. The number of carbonyl (C=O) groups is 1. The summed E-state index contributed by atoms with van der Waals surface area (Å²) in [7, 11) is 0. The van der Waals surface area contributed by atoms with E-state index in [9.17, 15) is 9.90 Å². The van der Waals surface area contributed by atoms with Crippen LogP contribution in [0.2, 0.25) is 0 Å². The zero-order valence-electron chi connectivity index (χ0n) is 15.9. The number of carbonyl (C=O) groups excluding carboxylic acids is 1. The van der Waals surface area contributed by atoms with E-state index in [2.05, 4.69) is 13.8 Å². The van der Waals surface area contributed by atoms with Crippen LogP contribution in [0.15, 0.2) is 0 Å². The summed E-state index contributed by atoms with van der Waals surface area (Å²) < 4.78 is 5.42. The summed E-state index contributed by atoms with van der Waals surface area (Å²) in [4.78, 5) is 12.1. The van der Waals surface area contributed by atoms with E-state index in [0.717, 1.165) is 47.8 Å². The Morgan fingerprint density at radius 1 is 1.04 bits per heavy atom. The quantitative estimate of drug-likeness (QED) is 0.629. The molecule has 3 heteroatoms. The minimum Gasteiger partial charge on any atom is -0.460 e. The molecule has 0 aromatic rings. The number of ether oxygens (including phenoxy) is 1. The van der Waals surface area contributed by atoms with Crippen LogP contribution < -0.4 is 0 Å². The minimum atomic E-state index is -0.511. The third kappa shape index (κ3) is 2.45. The fraction of sp³-hybridized carbons (Fsp3) is 0.952. The molecule has 0 aromatic heterocycles. The lowest BCUT2D eigenvalue weighted by Crippen LogP contribution is -2.42. The second-order valence-corrected chi connectivity index (χ2v) is 10.4. The van der Waals surface area contributed by atoms with E-state index in [-0.39, 0.29) is 12.4 Å². The maximum Gasteiger partial charge on any atom is 0.308 e. The molecule has 0 amide bonds. The average molecular weight is 335 g/mol. The topological polar surface area (TPSA) is 46.5 Å². The summed E-state index contributed by atoms with van der Waals surface area (Å²) in [6, 6.07) is 0. The van der Waals surface area contributed by atoms with Gasteiger partial charge in [-0.2, -0.15) is 0 Å². The summed E-state index contributed by atoms with van der Waals surface area (Å²) in [5.74, 6) is 6.85. The Kier molecular flexibility index (Phi) is 3.84. The first-order chi connectivity index (χ1) is 11.2. The number of aliphatic hydroxyl groups is 1. The highest BCUT2D eigenvalue weighted by Gasteiger charge is 2.66. The van der Waals surface area contributed by atoms with Gasteiger partial charge >= 0.3 is 5.97 Å². The molecule has 4 rings (SSSR count). The lowest BCUT2D eigenvalue weighted by Gasteiger charge is -2.44. The largest absolute Gasteiger partial charge is 0.460 e. The number of rotatable bonds is 3. The first kappa shape index (κ1) is 16.9. The smallest absolute Gasteiger partial charge is 0.308 e. The van der Waals surface area contributed by atoms with Crippen LogP contribution in [0.25, 0.3) is 0 Å². The predicted octanol–water partition coefficient (Wildman–Crippen LogP) is 3.89. The Hall–Kier alpha value is -0.570. The highest BCUT2D eigenvalue weighted by Crippen LogP contribution is 2.71. The van der Waals surface area contributed by atoms with Crippen LogP contribution in [0.3, 0.4) is 0 Å². The maximum atomic E-state index is 12.1. The molecular weight excluding hydrogens is 300 g/mol. The molecule has 0 spiro atoms. The molecule has 0 aromatic carbocycles. The van der Waals surface area contributed by atoms with Crippen LogP contribution in [0.1, 0.15) is 60.3 Å². The Morgan fingerprint density at radius 2 is 1.67 bits per heavy atom. The Labute approximate surface area is 146 Å². The molecule has 4 bridgehead atoms. The summed E-state index contributed by atoms with van der Waals surface area (Å²) in [5, 5.41) is 10.7. The van der Waals surface area contributed by atoms with Gasteiger partial charge in [-0.25, -0.2) is 0 Å². The third-order valence-electron chi connectivity index (χ3n) is 8.19. The third-order valence-corrected chi connectivity index (χ3v) is 8.19. The predicted molar refractivity (Wildman–Crippen MR) is 93.1 cm³/mol. The fourth-order valence-corrected chi connectivity index (χ4v) is 7.43. The van der Waals surface area contributed by atoms with Gasteiger partial charge in [-0.15, -0.1) is 0 Å². The maximum absolute atomic E-state index is 12.1. The van der Waals surface area contributed by atoms with E-state index in [1.807, 2.05) is 20.8 Å². The average Bonchev–Trinajstić information content (AvgIpc) is 3.16. The molecule has 136 valence electrons. The Balaban J connectivity index is 1.43. The molecular formula is C21H34O3. The van der Waals surface area contributed by atoms with Crippen molar-refractivity contribution in [1.82, 2.24) is 0 Å². The number of hydrogen-bond donors (Lipinski definition) is 1. The molecule has 10 atom stereocenters. The SMILES string of the molecule is CC1C(C)C2CC1C1C3CC(C(O)CC(=O)OC(C)(C)C)C(C3)C21. The van der Waals surface area contributed by atoms with Crippen molar-refractivity contribution in [2.24, 2.45) is 53.3 Å². The summed E-state index contributed by atoms with van der Waals surface area (Å²) >= 11 is 0. The van der Waals surface area contributed by atoms with Gasteiger partial charge in [-0.1, -0.05) is 13.8 Å². The molecule has 4 fully saturated rings. The monoisotopic (exact) mass is 334 g/mol. The van der Waals surface area contributed by atoms with Crippen LogP contribution >= 0.6 is 0 Å². The molecule has 4 aliphatic rings. The molecule has 1 N–H and O–H groups in total. The van der Waals surface area contributed by atoms with Crippen LogP contribution in [-0.4, -0.2) is 22.8 Å². The normalized spacial score (nSPS) is 50.2. The Bertz CT molecular complexity index is 522. The van der Waals surface area contributed by atoms with Crippen molar-refractivity contribution in [2.75, 3.05) is 0 Å². The highest BCUT2D eigenvalue weighted by molar-refractivity contribution is 5.70. The van der Waals surface area contributed by atoms with Gasteiger partial charge in [0.1, 0.15) is 5.60 Å². The Morgan fingerprint density at radius 3 is 2.29 bits per heavy atom. The molecule has 0 radical (unpaired) electrons. The fourth-order valence-electron chi connectivity index (χ4n) is 7.43. The lowest BCUT2D eigenvalue weighted by molar-refractivity contribution is -0.158.